The summed E-state index contributed by atoms with van der Waals surface area (Å²) in [7, 11) is -2.57. The standard InChI is InChI=1S/C31H32N4O6S2/c1-21-9-12-25(13-10-21)43(39,40)35-19-24(32-20-35)18-29(36)33-23-11-14-26(27(17-23)22-7-5-4-6-8-22)30(37)34-28(15-16-42-3)31(38)41-2/h4-14,17,19-20,28H,15-16,18H2,1-3H3,(H,33,36)(H,34,37)/t28-/m0/s1. The Morgan fingerprint density at radius 3 is 2.42 bits per heavy atom. The fourth-order valence-electron chi connectivity index (χ4n) is 4.31. The summed E-state index contributed by atoms with van der Waals surface area (Å²) in [5, 5.41) is 5.58. The van der Waals surface area contributed by atoms with Gasteiger partial charge in [0, 0.05) is 17.4 Å². The molecule has 3 aromatic carbocycles. The normalized spacial score (nSPS) is 11.9. The van der Waals surface area contributed by atoms with Gasteiger partial charge in [-0.25, -0.2) is 22.2 Å². The Kier molecular flexibility index (Phi) is 10.4. The molecule has 2 amide bonds. The molecule has 10 nitrogen and oxygen atoms in total. The molecule has 0 bridgehead atoms. The summed E-state index contributed by atoms with van der Waals surface area (Å²) in [6.07, 6.45) is 4.63. The van der Waals surface area contributed by atoms with Crippen LogP contribution in [0.2, 0.25) is 0 Å². The molecular weight excluding hydrogens is 588 g/mol. The minimum atomic E-state index is -3.85. The molecule has 0 aliphatic carbocycles. The second-order valence-corrected chi connectivity index (χ2v) is 12.5. The Labute approximate surface area is 254 Å². The van der Waals surface area contributed by atoms with Crippen molar-refractivity contribution < 1.29 is 27.5 Å². The van der Waals surface area contributed by atoms with E-state index in [2.05, 4.69) is 15.6 Å². The number of benzene rings is 3. The molecule has 0 saturated carbocycles. The molecule has 0 aliphatic heterocycles. The third kappa shape index (κ3) is 7.90. The number of imidazole rings is 1. The molecule has 0 unspecified atom stereocenters. The molecule has 2 N–H and O–H groups in total. The lowest BCUT2D eigenvalue weighted by atomic mass is 9.98. The Morgan fingerprint density at radius 2 is 1.74 bits per heavy atom. The summed E-state index contributed by atoms with van der Waals surface area (Å²) >= 11 is 1.56. The van der Waals surface area contributed by atoms with E-state index in [1.54, 1.807) is 42.1 Å². The lowest BCUT2D eigenvalue weighted by Crippen LogP contribution is -2.42. The summed E-state index contributed by atoms with van der Waals surface area (Å²) in [6.45, 7) is 1.86. The van der Waals surface area contributed by atoms with Crippen molar-refractivity contribution in [2.24, 2.45) is 0 Å². The van der Waals surface area contributed by atoms with Gasteiger partial charge in [-0.15, -0.1) is 0 Å². The molecule has 12 heteroatoms. The average Bonchev–Trinajstić information content (AvgIpc) is 3.48. The Hall–Kier alpha value is -4.42. The van der Waals surface area contributed by atoms with Crippen molar-refractivity contribution >= 4 is 45.3 Å². The number of aryl methyl sites for hydroxylation is 1. The summed E-state index contributed by atoms with van der Waals surface area (Å²) < 4.78 is 31.7. The number of methoxy groups -OCH3 is 1. The predicted octanol–water partition coefficient (Wildman–Crippen LogP) is 4.30. The summed E-state index contributed by atoms with van der Waals surface area (Å²) in [5.41, 5.74) is 3.25. The molecule has 224 valence electrons. The van der Waals surface area contributed by atoms with Crippen molar-refractivity contribution in [2.45, 2.75) is 30.7 Å². The largest absolute Gasteiger partial charge is 0.467 e. The fraction of sp³-hybridized carbons (Fsp3) is 0.226. The number of carbonyl (C=O) groups is 3. The number of esters is 1. The number of anilines is 1. The van der Waals surface area contributed by atoms with Gasteiger partial charge in [0.15, 0.2) is 0 Å². The van der Waals surface area contributed by atoms with E-state index in [0.29, 0.717) is 29.0 Å². The first-order chi connectivity index (χ1) is 20.6. The quantitative estimate of drug-likeness (QED) is 0.224. The van der Waals surface area contributed by atoms with Crippen LogP contribution in [0, 0.1) is 6.92 Å². The summed E-state index contributed by atoms with van der Waals surface area (Å²) in [5.74, 6) is -0.737. The molecule has 4 aromatic rings. The zero-order valence-electron chi connectivity index (χ0n) is 23.9. The van der Waals surface area contributed by atoms with Gasteiger partial charge < -0.3 is 15.4 Å². The Morgan fingerprint density at radius 1 is 1.02 bits per heavy atom. The maximum Gasteiger partial charge on any atom is 0.328 e. The third-order valence-corrected chi connectivity index (χ3v) is 8.85. The SMILES string of the molecule is COC(=O)[C@H](CCSC)NC(=O)c1ccc(NC(=O)Cc2cn(S(=O)(=O)c3ccc(C)cc3)cn2)cc1-c1ccccc1. The second-order valence-electron chi connectivity index (χ2n) is 9.70. The topological polar surface area (TPSA) is 136 Å². The van der Waals surface area contributed by atoms with Crippen molar-refractivity contribution in [2.75, 3.05) is 24.4 Å². The van der Waals surface area contributed by atoms with Crippen LogP contribution in [0.3, 0.4) is 0 Å². The number of ether oxygens (including phenoxy) is 1. The number of hydrogen-bond donors (Lipinski definition) is 2. The first-order valence-electron chi connectivity index (χ1n) is 13.3. The molecule has 1 heterocycles. The predicted molar refractivity (Wildman–Crippen MR) is 166 cm³/mol. The van der Waals surface area contributed by atoms with Crippen LogP contribution in [0.1, 0.15) is 28.0 Å². The Balaban J connectivity index is 1.53. The van der Waals surface area contributed by atoms with Crippen molar-refractivity contribution in [3.05, 3.63) is 102 Å². The van der Waals surface area contributed by atoms with Gasteiger partial charge in [-0.1, -0.05) is 48.0 Å². The molecule has 1 aromatic heterocycles. The van der Waals surface area contributed by atoms with E-state index in [4.69, 9.17) is 4.74 Å². The van der Waals surface area contributed by atoms with Gasteiger partial charge in [0.2, 0.25) is 5.91 Å². The number of aromatic nitrogens is 2. The van der Waals surface area contributed by atoms with Crippen molar-refractivity contribution in [3.8, 4) is 11.1 Å². The van der Waals surface area contributed by atoms with Crippen molar-refractivity contribution in [1.82, 2.24) is 14.3 Å². The van der Waals surface area contributed by atoms with Crippen LogP contribution in [0.4, 0.5) is 5.69 Å². The highest BCUT2D eigenvalue weighted by molar-refractivity contribution is 7.98. The molecule has 0 spiro atoms. The molecule has 43 heavy (non-hydrogen) atoms. The summed E-state index contributed by atoms with van der Waals surface area (Å²) in [6, 6.07) is 19.7. The highest BCUT2D eigenvalue weighted by Gasteiger charge is 2.24. The minimum absolute atomic E-state index is 0.117. The zero-order chi connectivity index (χ0) is 31.0. The van der Waals surface area contributed by atoms with Gasteiger partial charge in [-0.3, -0.25) is 9.59 Å². The number of thioether (sulfide) groups is 1. The van der Waals surface area contributed by atoms with E-state index >= 15 is 0 Å². The number of carbonyl (C=O) groups excluding carboxylic acids is 3. The van der Waals surface area contributed by atoms with E-state index in [0.717, 1.165) is 15.1 Å². The van der Waals surface area contributed by atoms with Crippen molar-refractivity contribution in [3.63, 3.8) is 0 Å². The molecule has 0 radical (unpaired) electrons. The van der Waals surface area contributed by atoms with Gasteiger partial charge in [-0.05, 0) is 66.8 Å². The number of rotatable bonds is 12. The van der Waals surface area contributed by atoms with E-state index < -0.39 is 33.8 Å². The third-order valence-electron chi connectivity index (χ3n) is 6.59. The van der Waals surface area contributed by atoms with Gasteiger partial charge in [-0.2, -0.15) is 11.8 Å². The van der Waals surface area contributed by atoms with E-state index in [1.165, 1.54) is 31.8 Å². The zero-order valence-corrected chi connectivity index (χ0v) is 25.6. The highest BCUT2D eigenvalue weighted by atomic mass is 32.2. The average molecular weight is 621 g/mol. The first-order valence-corrected chi connectivity index (χ1v) is 16.2. The van der Waals surface area contributed by atoms with E-state index in [1.807, 2.05) is 43.5 Å². The lowest BCUT2D eigenvalue weighted by Gasteiger charge is -2.18. The molecule has 1 atom stereocenters. The van der Waals surface area contributed by atoms with Gasteiger partial charge >= 0.3 is 5.97 Å². The number of hydrogen-bond acceptors (Lipinski definition) is 8. The second kappa shape index (κ2) is 14.2. The van der Waals surface area contributed by atoms with Crippen molar-refractivity contribution in [1.29, 1.82) is 0 Å². The van der Waals surface area contributed by atoms with E-state index in [-0.39, 0.29) is 17.0 Å². The highest BCUT2D eigenvalue weighted by Crippen LogP contribution is 2.28. The lowest BCUT2D eigenvalue weighted by molar-refractivity contribution is -0.142. The minimum Gasteiger partial charge on any atom is -0.467 e. The molecular formula is C31H32N4O6S2. The monoisotopic (exact) mass is 620 g/mol. The van der Waals surface area contributed by atoms with Crippen LogP contribution in [0.15, 0.2) is 90.2 Å². The van der Waals surface area contributed by atoms with Gasteiger partial charge in [0.05, 0.1) is 24.1 Å². The van der Waals surface area contributed by atoms with Crippen LogP contribution in [-0.4, -0.2) is 60.3 Å². The fourth-order valence-corrected chi connectivity index (χ4v) is 5.93. The molecule has 0 saturated heterocycles. The van der Waals surface area contributed by atoms with Crippen LogP contribution < -0.4 is 10.6 Å². The molecule has 0 fully saturated rings. The molecule has 0 aliphatic rings. The first kappa shape index (κ1) is 31.5. The molecule has 4 rings (SSSR count). The maximum absolute atomic E-state index is 13.3. The number of amides is 2. The van der Waals surface area contributed by atoms with Crippen LogP contribution >= 0.6 is 11.8 Å². The summed E-state index contributed by atoms with van der Waals surface area (Å²) in [4.78, 5) is 42.8. The van der Waals surface area contributed by atoms with Gasteiger partial charge in [0.25, 0.3) is 15.9 Å². The van der Waals surface area contributed by atoms with E-state index in [9.17, 15) is 22.8 Å². The van der Waals surface area contributed by atoms with Crippen LogP contribution in [0.25, 0.3) is 11.1 Å². The van der Waals surface area contributed by atoms with Crippen LogP contribution in [-0.2, 0) is 30.8 Å². The van der Waals surface area contributed by atoms with Crippen LogP contribution in [0.5, 0.6) is 0 Å². The number of nitrogens with zero attached hydrogens (tertiary/aromatic N) is 2. The smallest absolute Gasteiger partial charge is 0.328 e. The Bertz CT molecular complexity index is 1700. The number of nitrogens with one attached hydrogen (secondary N) is 2. The van der Waals surface area contributed by atoms with Gasteiger partial charge in [0.1, 0.15) is 12.4 Å². The maximum atomic E-state index is 13.3.